The predicted octanol–water partition coefficient (Wildman–Crippen LogP) is 1.78. The van der Waals surface area contributed by atoms with E-state index in [0.29, 0.717) is 19.0 Å². The van der Waals surface area contributed by atoms with Crippen molar-refractivity contribution >= 4 is 17.7 Å². The van der Waals surface area contributed by atoms with Crippen molar-refractivity contribution < 1.29 is 9.53 Å². The number of hydrogen-bond acceptors (Lipinski definition) is 3. The van der Waals surface area contributed by atoms with Crippen molar-refractivity contribution in [3.63, 3.8) is 0 Å². The zero-order valence-electron chi connectivity index (χ0n) is 9.80. The molecule has 0 atom stereocenters. The maximum Gasteiger partial charge on any atom is 0.232 e. The van der Waals surface area contributed by atoms with Crippen LogP contribution in [-0.4, -0.2) is 42.9 Å². The van der Waals surface area contributed by atoms with Gasteiger partial charge in [-0.2, -0.15) is 0 Å². The molecular weight excluding hydrogens is 234 g/mol. The van der Waals surface area contributed by atoms with Crippen molar-refractivity contribution in [3.8, 4) is 0 Å². The Kier molecular flexibility index (Phi) is 4.88. The highest BCUT2D eigenvalue weighted by Gasteiger charge is 2.16. The van der Waals surface area contributed by atoms with E-state index in [-0.39, 0.29) is 5.91 Å². The Balaban J connectivity index is 1.69. The second kappa shape index (κ2) is 6.67. The number of nitrogens with zero attached hydrogens (tertiary/aromatic N) is 1. The van der Waals surface area contributed by atoms with Crippen LogP contribution in [-0.2, 0) is 15.3 Å². The lowest BCUT2D eigenvalue weighted by atomic mass is 10.2. The maximum absolute atomic E-state index is 11.8. The Bertz CT molecular complexity index is 350. The molecule has 0 bridgehead atoms. The summed E-state index contributed by atoms with van der Waals surface area (Å²) >= 11 is 1.68. The van der Waals surface area contributed by atoms with E-state index in [0.717, 1.165) is 18.8 Å². The van der Waals surface area contributed by atoms with Gasteiger partial charge in [0.05, 0.1) is 19.0 Å². The highest BCUT2D eigenvalue weighted by atomic mass is 32.2. The summed E-state index contributed by atoms with van der Waals surface area (Å²) in [5.74, 6) is 1.69. The van der Waals surface area contributed by atoms with Crippen molar-refractivity contribution in [3.05, 3.63) is 35.9 Å². The van der Waals surface area contributed by atoms with E-state index in [1.165, 1.54) is 5.56 Å². The van der Waals surface area contributed by atoms with Gasteiger partial charge in [0, 0.05) is 18.8 Å². The smallest absolute Gasteiger partial charge is 0.232 e. The summed E-state index contributed by atoms with van der Waals surface area (Å²) < 4.78 is 5.22. The Morgan fingerprint density at radius 1 is 1.24 bits per heavy atom. The summed E-state index contributed by atoms with van der Waals surface area (Å²) in [5, 5.41) is 0. The standard InChI is InChI=1S/C13H17NO2S/c15-13(14-6-8-16-9-7-14)11-17-10-12-4-2-1-3-5-12/h1-5H,6-11H2. The van der Waals surface area contributed by atoms with Gasteiger partial charge in [0.25, 0.3) is 0 Å². The van der Waals surface area contributed by atoms with Crippen LogP contribution >= 0.6 is 11.8 Å². The Labute approximate surface area is 106 Å². The minimum absolute atomic E-state index is 0.231. The first kappa shape index (κ1) is 12.5. The third-order valence-corrected chi connectivity index (χ3v) is 3.69. The zero-order valence-corrected chi connectivity index (χ0v) is 10.6. The van der Waals surface area contributed by atoms with Gasteiger partial charge in [0.2, 0.25) is 5.91 Å². The normalized spacial score (nSPS) is 15.9. The molecule has 1 aromatic rings. The number of amides is 1. The monoisotopic (exact) mass is 251 g/mol. The molecular formula is C13H17NO2S. The van der Waals surface area contributed by atoms with Crippen LogP contribution in [0.3, 0.4) is 0 Å². The van der Waals surface area contributed by atoms with Gasteiger partial charge in [-0.25, -0.2) is 0 Å². The highest BCUT2D eigenvalue weighted by Crippen LogP contribution is 2.12. The summed E-state index contributed by atoms with van der Waals surface area (Å²) in [4.78, 5) is 13.7. The number of rotatable bonds is 4. The fraction of sp³-hybridized carbons (Fsp3) is 0.462. The molecule has 4 heteroatoms. The van der Waals surface area contributed by atoms with Crippen molar-refractivity contribution in [1.29, 1.82) is 0 Å². The first-order chi connectivity index (χ1) is 8.36. The van der Waals surface area contributed by atoms with Crippen LogP contribution in [0, 0.1) is 0 Å². The first-order valence-corrected chi connectivity index (χ1v) is 6.99. The average Bonchev–Trinajstić information content (AvgIpc) is 2.41. The van der Waals surface area contributed by atoms with Gasteiger partial charge < -0.3 is 9.64 Å². The topological polar surface area (TPSA) is 29.5 Å². The van der Waals surface area contributed by atoms with Crippen molar-refractivity contribution in [1.82, 2.24) is 4.90 Å². The van der Waals surface area contributed by atoms with Gasteiger partial charge in [-0.1, -0.05) is 30.3 Å². The fourth-order valence-electron chi connectivity index (χ4n) is 1.73. The highest BCUT2D eigenvalue weighted by molar-refractivity contribution is 7.99. The molecule has 0 unspecified atom stereocenters. The molecule has 0 spiro atoms. The molecule has 0 aliphatic carbocycles. The number of morpholine rings is 1. The van der Waals surface area contributed by atoms with Crippen molar-refractivity contribution in [2.24, 2.45) is 0 Å². The van der Waals surface area contributed by atoms with Gasteiger partial charge in [0.1, 0.15) is 0 Å². The van der Waals surface area contributed by atoms with Gasteiger partial charge in [0.15, 0.2) is 0 Å². The molecule has 1 heterocycles. The molecule has 0 N–H and O–H groups in total. The molecule has 2 rings (SSSR count). The Morgan fingerprint density at radius 3 is 2.65 bits per heavy atom. The van der Waals surface area contributed by atoms with E-state index in [2.05, 4.69) is 12.1 Å². The lowest BCUT2D eigenvalue weighted by Crippen LogP contribution is -2.41. The van der Waals surface area contributed by atoms with E-state index in [9.17, 15) is 4.79 Å². The fourth-order valence-corrected chi connectivity index (χ4v) is 2.62. The number of carbonyl (C=O) groups excluding carboxylic acids is 1. The summed E-state index contributed by atoms with van der Waals surface area (Å²) in [6, 6.07) is 10.2. The quantitative estimate of drug-likeness (QED) is 0.817. The third kappa shape index (κ3) is 4.06. The number of carbonyl (C=O) groups is 1. The second-order valence-electron chi connectivity index (χ2n) is 3.97. The molecule has 3 nitrogen and oxygen atoms in total. The molecule has 1 aromatic carbocycles. The van der Waals surface area contributed by atoms with Crippen LogP contribution in [0.25, 0.3) is 0 Å². The van der Waals surface area contributed by atoms with E-state index in [4.69, 9.17) is 4.74 Å². The molecule has 1 aliphatic heterocycles. The van der Waals surface area contributed by atoms with Gasteiger partial charge in [-0.05, 0) is 5.56 Å². The predicted molar refractivity (Wildman–Crippen MR) is 70.0 cm³/mol. The third-order valence-electron chi connectivity index (χ3n) is 2.70. The van der Waals surface area contributed by atoms with E-state index >= 15 is 0 Å². The minimum Gasteiger partial charge on any atom is -0.378 e. The SMILES string of the molecule is O=C(CSCc1ccccc1)N1CCOCC1. The molecule has 17 heavy (non-hydrogen) atoms. The van der Waals surface area contributed by atoms with E-state index in [1.807, 2.05) is 23.1 Å². The van der Waals surface area contributed by atoms with Gasteiger partial charge in [-0.3, -0.25) is 4.79 Å². The summed E-state index contributed by atoms with van der Waals surface area (Å²) in [6.45, 7) is 2.83. The molecule has 0 saturated carbocycles. The lowest BCUT2D eigenvalue weighted by Gasteiger charge is -2.26. The number of benzene rings is 1. The van der Waals surface area contributed by atoms with Crippen LogP contribution in [0.5, 0.6) is 0 Å². The summed E-state index contributed by atoms with van der Waals surface area (Å²) in [7, 11) is 0. The number of hydrogen-bond donors (Lipinski definition) is 0. The average molecular weight is 251 g/mol. The molecule has 1 fully saturated rings. The number of ether oxygens (including phenoxy) is 1. The van der Waals surface area contributed by atoms with Gasteiger partial charge >= 0.3 is 0 Å². The van der Waals surface area contributed by atoms with Crippen LogP contribution in [0.2, 0.25) is 0 Å². The Morgan fingerprint density at radius 2 is 1.94 bits per heavy atom. The summed E-state index contributed by atoms with van der Waals surface area (Å²) in [6.07, 6.45) is 0. The molecule has 1 saturated heterocycles. The van der Waals surface area contributed by atoms with Crippen LogP contribution in [0.15, 0.2) is 30.3 Å². The molecule has 1 aliphatic rings. The first-order valence-electron chi connectivity index (χ1n) is 5.83. The van der Waals surface area contributed by atoms with E-state index in [1.54, 1.807) is 11.8 Å². The molecule has 1 amide bonds. The van der Waals surface area contributed by atoms with E-state index < -0.39 is 0 Å². The largest absolute Gasteiger partial charge is 0.378 e. The van der Waals surface area contributed by atoms with Gasteiger partial charge in [-0.15, -0.1) is 11.8 Å². The minimum atomic E-state index is 0.231. The van der Waals surface area contributed by atoms with Crippen molar-refractivity contribution in [2.45, 2.75) is 5.75 Å². The second-order valence-corrected chi connectivity index (χ2v) is 4.96. The van der Waals surface area contributed by atoms with Crippen LogP contribution in [0.1, 0.15) is 5.56 Å². The zero-order chi connectivity index (χ0) is 11.9. The van der Waals surface area contributed by atoms with Crippen molar-refractivity contribution in [2.75, 3.05) is 32.1 Å². The summed E-state index contributed by atoms with van der Waals surface area (Å²) in [5.41, 5.74) is 1.27. The molecule has 0 aromatic heterocycles. The van der Waals surface area contributed by atoms with Crippen LogP contribution in [0.4, 0.5) is 0 Å². The molecule has 92 valence electrons. The van der Waals surface area contributed by atoms with Crippen LogP contribution < -0.4 is 0 Å². The lowest BCUT2D eigenvalue weighted by molar-refractivity contribution is -0.132. The number of thioether (sulfide) groups is 1. The Hall–Kier alpha value is -1.00. The maximum atomic E-state index is 11.8. The molecule has 0 radical (unpaired) electrons.